The average molecular weight is 364 g/mol. The van der Waals surface area contributed by atoms with Crippen LogP contribution in [0.15, 0.2) is 0 Å². The zero-order chi connectivity index (χ0) is 17.4. The minimum atomic E-state index is -0.694. The van der Waals surface area contributed by atoms with Crippen LogP contribution in [0.25, 0.3) is 0 Å². The van der Waals surface area contributed by atoms with E-state index in [0.29, 0.717) is 4.48 Å². The summed E-state index contributed by atoms with van der Waals surface area (Å²) in [6, 6.07) is 0. The summed E-state index contributed by atoms with van der Waals surface area (Å²) >= 11 is 0. The lowest BCUT2D eigenvalue weighted by Crippen LogP contribution is -3.00. The lowest BCUT2D eigenvalue weighted by Gasteiger charge is -2.27. The van der Waals surface area contributed by atoms with E-state index in [1.54, 1.807) is 0 Å². The van der Waals surface area contributed by atoms with Crippen molar-refractivity contribution in [1.29, 1.82) is 0 Å². The van der Waals surface area contributed by atoms with Crippen LogP contribution in [0.3, 0.4) is 0 Å². The van der Waals surface area contributed by atoms with Gasteiger partial charge in [0.25, 0.3) is 0 Å². The van der Waals surface area contributed by atoms with Gasteiger partial charge in [0, 0.05) is 0 Å². The van der Waals surface area contributed by atoms with Crippen molar-refractivity contribution in [3.63, 3.8) is 0 Å². The minimum absolute atomic E-state index is 0. The van der Waals surface area contributed by atoms with Crippen LogP contribution in [0, 0.1) is 0 Å². The van der Waals surface area contributed by atoms with Gasteiger partial charge in [-0.2, -0.15) is 0 Å². The second kappa shape index (κ2) is 17.5. The van der Waals surface area contributed by atoms with Crippen molar-refractivity contribution in [2.24, 2.45) is 0 Å². The molecule has 24 heavy (non-hydrogen) atoms. The number of quaternary nitrogens is 1. The van der Waals surface area contributed by atoms with Crippen LogP contribution in [-0.2, 0) is 4.79 Å². The smallest absolute Gasteiger partial charge is 0.359 e. The van der Waals surface area contributed by atoms with Crippen LogP contribution in [0.5, 0.6) is 0 Å². The number of rotatable bonds is 17. The van der Waals surface area contributed by atoms with Crippen molar-refractivity contribution in [3.8, 4) is 0 Å². The zero-order valence-electron chi connectivity index (χ0n) is 16.5. The molecule has 4 heteroatoms. The van der Waals surface area contributed by atoms with Gasteiger partial charge in [0.05, 0.1) is 20.6 Å². The SMILES string of the molecule is CCCCCCCCCCCCCCCC[N+](C)(C)CC(=O)O.[Cl-]. The van der Waals surface area contributed by atoms with Crippen molar-refractivity contribution >= 4 is 5.97 Å². The molecule has 0 aromatic carbocycles. The summed E-state index contributed by atoms with van der Waals surface area (Å²) in [7, 11) is 4.02. The molecule has 0 rings (SSSR count). The highest BCUT2D eigenvalue weighted by atomic mass is 35.5. The summed E-state index contributed by atoms with van der Waals surface area (Å²) in [6.07, 6.45) is 19.2. The number of carbonyl (C=O) groups is 1. The van der Waals surface area contributed by atoms with E-state index in [-0.39, 0.29) is 19.0 Å². The van der Waals surface area contributed by atoms with E-state index in [4.69, 9.17) is 5.11 Å². The Balaban J connectivity index is 0. The van der Waals surface area contributed by atoms with Gasteiger partial charge in [0.15, 0.2) is 6.54 Å². The Morgan fingerprint density at radius 3 is 1.38 bits per heavy atom. The fourth-order valence-corrected chi connectivity index (χ4v) is 3.18. The molecule has 0 saturated heterocycles. The molecule has 0 atom stereocenters. The Morgan fingerprint density at radius 2 is 1.04 bits per heavy atom. The van der Waals surface area contributed by atoms with E-state index < -0.39 is 5.97 Å². The standard InChI is InChI=1S/C20H41NO2.ClH/c1-4-5-6-7-8-9-10-11-12-13-14-15-16-17-18-21(2,3)19-20(22)23;/h4-19H2,1-3H3;1H. The predicted octanol–water partition coefficient (Wildman–Crippen LogP) is 2.63. The summed E-state index contributed by atoms with van der Waals surface area (Å²) in [6.45, 7) is 3.48. The lowest BCUT2D eigenvalue weighted by atomic mass is 10.0. The number of hydrogen-bond donors (Lipinski definition) is 1. The van der Waals surface area contributed by atoms with Gasteiger partial charge in [-0.05, 0) is 12.8 Å². The third-order valence-corrected chi connectivity index (χ3v) is 4.68. The quantitative estimate of drug-likeness (QED) is 0.318. The van der Waals surface area contributed by atoms with Crippen molar-refractivity contribution in [2.75, 3.05) is 27.2 Å². The molecule has 0 aliphatic rings. The highest BCUT2D eigenvalue weighted by Crippen LogP contribution is 2.13. The van der Waals surface area contributed by atoms with E-state index in [9.17, 15) is 4.79 Å². The Kier molecular flexibility index (Phi) is 19.0. The van der Waals surface area contributed by atoms with Crippen molar-refractivity contribution in [3.05, 3.63) is 0 Å². The zero-order valence-corrected chi connectivity index (χ0v) is 17.3. The van der Waals surface area contributed by atoms with Gasteiger partial charge in [0.1, 0.15) is 0 Å². The van der Waals surface area contributed by atoms with Crippen molar-refractivity contribution < 1.29 is 26.8 Å². The lowest BCUT2D eigenvalue weighted by molar-refractivity contribution is -0.883. The Morgan fingerprint density at radius 1 is 0.708 bits per heavy atom. The number of nitrogens with zero attached hydrogens (tertiary/aromatic N) is 1. The summed E-state index contributed by atoms with van der Waals surface area (Å²) in [5.74, 6) is -0.694. The minimum Gasteiger partial charge on any atom is -1.00 e. The van der Waals surface area contributed by atoms with Crippen LogP contribution < -0.4 is 12.4 Å². The van der Waals surface area contributed by atoms with Crippen LogP contribution in [0.1, 0.15) is 96.8 Å². The molecule has 0 bridgehead atoms. The number of aliphatic carboxylic acids is 1. The first-order valence-electron chi connectivity index (χ1n) is 10.0. The van der Waals surface area contributed by atoms with Crippen LogP contribution in [0.4, 0.5) is 0 Å². The molecule has 0 aliphatic heterocycles. The van der Waals surface area contributed by atoms with E-state index in [2.05, 4.69) is 6.92 Å². The van der Waals surface area contributed by atoms with Gasteiger partial charge in [-0.1, -0.05) is 84.0 Å². The molecule has 146 valence electrons. The molecule has 0 fully saturated rings. The molecular formula is C20H42ClNO2. The number of halogens is 1. The number of unbranched alkanes of at least 4 members (excludes halogenated alkanes) is 13. The van der Waals surface area contributed by atoms with Gasteiger partial charge in [-0.3, -0.25) is 0 Å². The molecule has 0 saturated carbocycles. The first-order chi connectivity index (χ1) is 11.0. The summed E-state index contributed by atoms with van der Waals surface area (Å²) in [4.78, 5) is 10.7. The topological polar surface area (TPSA) is 37.3 Å². The molecule has 0 heterocycles. The van der Waals surface area contributed by atoms with Crippen molar-refractivity contribution in [2.45, 2.75) is 96.8 Å². The molecule has 0 unspecified atom stereocenters. The van der Waals surface area contributed by atoms with Gasteiger partial charge in [-0.25, -0.2) is 4.79 Å². The summed E-state index contributed by atoms with van der Waals surface area (Å²) in [5.41, 5.74) is 0. The highest BCUT2D eigenvalue weighted by Gasteiger charge is 2.18. The maximum Gasteiger partial charge on any atom is 0.359 e. The Bertz CT molecular complexity index is 283. The second-order valence-corrected chi connectivity index (χ2v) is 7.81. The van der Waals surface area contributed by atoms with Crippen LogP contribution in [0.2, 0.25) is 0 Å². The molecule has 0 spiro atoms. The maximum atomic E-state index is 10.7. The number of likely N-dealkylation sites (N-methyl/N-ethyl adjacent to an activating group) is 1. The molecule has 1 N–H and O–H groups in total. The molecule has 0 amide bonds. The first-order valence-corrected chi connectivity index (χ1v) is 10.0. The summed E-state index contributed by atoms with van der Waals surface area (Å²) in [5, 5.41) is 8.85. The summed E-state index contributed by atoms with van der Waals surface area (Å²) < 4.78 is 0.605. The average Bonchev–Trinajstić information content (AvgIpc) is 2.46. The second-order valence-electron chi connectivity index (χ2n) is 7.81. The fourth-order valence-electron chi connectivity index (χ4n) is 3.18. The van der Waals surface area contributed by atoms with E-state index in [0.717, 1.165) is 13.0 Å². The first kappa shape index (κ1) is 26.0. The molecule has 0 radical (unpaired) electrons. The molecular weight excluding hydrogens is 322 g/mol. The molecule has 0 aromatic heterocycles. The van der Waals surface area contributed by atoms with E-state index in [1.807, 2.05) is 14.1 Å². The van der Waals surface area contributed by atoms with Gasteiger partial charge >= 0.3 is 5.97 Å². The predicted molar refractivity (Wildman–Crippen MR) is 99.8 cm³/mol. The third kappa shape index (κ3) is 19.8. The number of hydrogen-bond acceptors (Lipinski definition) is 1. The molecule has 3 nitrogen and oxygen atoms in total. The highest BCUT2D eigenvalue weighted by molar-refractivity contribution is 5.67. The number of carboxylic acid groups (broad SMARTS) is 1. The third-order valence-electron chi connectivity index (χ3n) is 4.68. The molecule has 0 aliphatic carbocycles. The van der Waals surface area contributed by atoms with Crippen LogP contribution in [-0.4, -0.2) is 42.7 Å². The monoisotopic (exact) mass is 363 g/mol. The Hall–Kier alpha value is -0.280. The van der Waals surface area contributed by atoms with Gasteiger partial charge < -0.3 is 22.0 Å². The normalized spacial score (nSPS) is 11.3. The van der Waals surface area contributed by atoms with Gasteiger partial charge in [0.2, 0.25) is 0 Å². The maximum absolute atomic E-state index is 10.7. The van der Waals surface area contributed by atoms with E-state index >= 15 is 0 Å². The van der Waals surface area contributed by atoms with Crippen molar-refractivity contribution in [1.82, 2.24) is 0 Å². The largest absolute Gasteiger partial charge is 1.00 e. The number of carboxylic acids is 1. The van der Waals surface area contributed by atoms with E-state index in [1.165, 1.54) is 83.5 Å². The Labute approximate surface area is 157 Å². The van der Waals surface area contributed by atoms with Gasteiger partial charge in [-0.15, -0.1) is 0 Å². The molecule has 0 aromatic rings. The fraction of sp³-hybridized carbons (Fsp3) is 0.950. The van der Waals surface area contributed by atoms with Crippen LogP contribution >= 0.6 is 0 Å².